The Morgan fingerprint density at radius 2 is 1.52 bits per heavy atom. The minimum absolute atomic E-state index is 0.0602. The van der Waals surface area contributed by atoms with Crippen LogP contribution >= 0.6 is 0 Å². The zero-order valence-electron chi connectivity index (χ0n) is 20.1. The average molecular weight is 463 g/mol. The molecule has 0 spiro atoms. The first-order chi connectivity index (χ1) is 15.2. The normalized spacial score (nSPS) is 12.8. The van der Waals surface area contributed by atoms with Crippen molar-refractivity contribution in [2.45, 2.75) is 65.2 Å². The number of hydrogen-bond acceptors (Lipinski definition) is 4. The number of ether oxygens (including phenoxy) is 2. The number of amides is 2. The molecule has 0 aliphatic carbocycles. The molecule has 0 saturated carbocycles. The lowest BCUT2D eigenvalue weighted by Gasteiger charge is -2.24. The number of alkyl carbamates (subject to hydrolysis) is 1. The average Bonchev–Trinajstić information content (AvgIpc) is 2.64. The number of halogens is 2. The van der Waals surface area contributed by atoms with Crippen molar-refractivity contribution in [3.63, 3.8) is 0 Å². The number of hydrogen-bond donors (Lipinski definition) is 2. The molecule has 0 bridgehead atoms. The van der Waals surface area contributed by atoms with Crippen LogP contribution in [0.1, 0.15) is 64.3 Å². The van der Waals surface area contributed by atoms with Crippen molar-refractivity contribution in [1.29, 1.82) is 0 Å². The quantitative estimate of drug-likeness (QED) is 0.585. The van der Waals surface area contributed by atoms with E-state index in [9.17, 15) is 18.4 Å². The standard InChI is InChI=1S/C25H32F2N2O4/c1-24(2,3)20-18(26)12-17(13-19(20)27)28-22(30)21(29-23(31)33-25(4,5)6)16-10-8-15(9-11-16)14-32-7/h8-13,21H,14H2,1-7H3,(H,28,30)(H,29,31). The number of nitrogens with one attached hydrogen (secondary N) is 2. The molecule has 2 N–H and O–H groups in total. The van der Waals surface area contributed by atoms with E-state index in [0.717, 1.165) is 17.7 Å². The van der Waals surface area contributed by atoms with Crippen LogP contribution in [0.4, 0.5) is 19.3 Å². The number of rotatable bonds is 6. The summed E-state index contributed by atoms with van der Waals surface area (Å²) in [6, 6.07) is 7.81. The Morgan fingerprint density at radius 1 is 0.970 bits per heavy atom. The van der Waals surface area contributed by atoms with Crippen molar-refractivity contribution in [2.24, 2.45) is 0 Å². The number of anilines is 1. The van der Waals surface area contributed by atoms with E-state index < -0.39 is 40.7 Å². The maximum Gasteiger partial charge on any atom is 0.408 e. The minimum Gasteiger partial charge on any atom is -0.444 e. The maximum absolute atomic E-state index is 14.6. The number of benzene rings is 2. The summed E-state index contributed by atoms with van der Waals surface area (Å²) in [7, 11) is 1.57. The molecule has 2 aromatic rings. The van der Waals surface area contributed by atoms with Crippen LogP contribution < -0.4 is 10.6 Å². The van der Waals surface area contributed by atoms with Crippen LogP contribution in [0.3, 0.4) is 0 Å². The largest absolute Gasteiger partial charge is 0.444 e. The van der Waals surface area contributed by atoms with Gasteiger partial charge in [0.1, 0.15) is 23.3 Å². The molecule has 180 valence electrons. The van der Waals surface area contributed by atoms with Crippen LogP contribution in [0.2, 0.25) is 0 Å². The van der Waals surface area contributed by atoms with Crippen LogP contribution in [0.5, 0.6) is 0 Å². The summed E-state index contributed by atoms with van der Waals surface area (Å²) in [4.78, 5) is 25.5. The van der Waals surface area contributed by atoms with Gasteiger partial charge in [-0.05, 0) is 49.4 Å². The predicted octanol–water partition coefficient (Wildman–Crippen LogP) is 5.61. The van der Waals surface area contributed by atoms with E-state index in [1.807, 2.05) is 0 Å². The monoisotopic (exact) mass is 462 g/mol. The Kier molecular flexibility index (Phi) is 8.19. The van der Waals surface area contributed by atoms with E-state index in [2.05, 4.69) is 10.6 Å². The van der Waals surface area contributed by atoms with E-state index in [-0.39, 0.29) is 11.3 Å². The third-order valence-electron chi connectivity index (χ3n) is 4.61. The molecule has 0 aromatic heterocycles. The molecule has 33 heavy (non-hydrogen) atoms. The Morgan fingerprint density at radius 3 is 1.97 bits per heavy atom. The molecule has 6 nitrogen and oxygen atoms in total. The van der Waals surface area contributed by atoms with Gasteiger partial charge in [-0.2, -0.15) is 0 Å². The zero-order chi connectivity index (χ0) is 25.0. The van der Waals surface area contributed by atoms with Gasteiger partial charge in [0.2, 0.25) is 0 Å². The molecular weight excluding hydrogens is 430 g/mol. The molecule has 2 amide bonds. The second kappa shape index (κ2) is 10.3. The SMILES string of the molecule is COCc1ccc(C(NC(=O)OC(C)(C)C)C(=O)Nc2cc(F)c(C(C)(C)C)c(F)c2)cc1. The molecule has 1 unspecified atom stereocenters. The fourth-order valence-electron chi connectivity index (χ4n) is 3.27. The molecule has 2 rings (SSSR count). The first-order valence-corrected chi connectivity index (χ1v) is 10.6. The molecule has 0 radical (unpaired) electrons. The van der Waals surface area contributed by atoms with E-state index in [4.69, 9.17) is 9.47 Å². The highest BCUT2D eigenvalue weighted by molar-refractivity contribution is 5.97. The van der Waals surface area contributed by atoms with Gasteiger partial charge in [-0.25, -0.2) is 13.6 Å². The number of methoxy groups -OCH3 is 1. The molecule has 0 fully saturated rings. The molecular formula is C25H32F2N2O4. The molecule has 8 heteroatoms. The van der Waals surface area contributed by atoms with Crippen LogP contribution in [0, 0.1) is 11.6 Å². The van der Waals surface area contributed by atoms with Gasteiger partial charge in [0.05, 0.1) is 6.61 Å². The third-order valence-corrected chi connectivity index (χ3v) is 4.61. The van der Waals surface area contributed by atoms with Crippen LogP contribution in [0.25, 0.3) is 0 Å². The molecule has 1 atom stereocenters. The second-order valence-electron chi connectivity index (χ2n) is 9.81. The lowest BCUT2D eigenvalue weighted by atomic mass is 9.86. The van der Waals surface area contributed by atoms with Gasteiger partial charge < -0.3 is 20.1 Å². The van der Waals surface area contributed by atoms with Gasteiger partial charge in [-0.15, -0.1) is 0 Å². The summed E-state index contributed by atoms with van der Waals surface area (Å²) in [6.07, 6.45) is -0.802. The van der Waals surface area contributed by atoms with Gasteiger partial charge >= 0.3 is 6.09 Å². The lowest BCUT2D eigenvalue weighted by Crippen LogP contribution is -2.40. The zero-order valence-corrected chi connectivity index (χ0v) is 20.1. The minimum atomic E-state index is -1.16. The van der Waals surface area contributed by atoms with E-state index in [1.165, 1.54) is 0 Å². The van der Waals surface area contributed by atoms with E-state index in [0.29, 0.717) is 12.2 Å². The van der Waals surface area contributed by atoms with Crippen LogP contribution in [0.15, 0.2) is 36.4 Å². The smallest absolute Gasteiger partial charge is 0.408 e. The third kappa shape index (κ3) is 7.53. The lowest BCUT2D eigenvalue weighted by molar-refractivity contribution is -0.118. The summed E-state index contributed by atoms with van der Waals surface area (Å²) in [5.74, 6) is -2.21. The predicted molar refractivity (Wildman–Crippen MR) is 123 cm³/mol. The van der Waals surface area contributed by atoms with Crippen LogP contribution in [-0.2, 0) is 26.3 Å². The molecule has 0 aliphatic heterocycles. The van der Waals surface area contributed by atoms with Crippen molar-refractivity contribution in [2.75, 3.05) is 12.4 Å². The summed E-state index contributed by atoms with van der Waals surface area (Å²) in [5, 5.41) is 5.03. The summed E-state index contributed by atoms with van der Waals surface area (Å²) >= 11 is 0. The molecule has 0 saturated heterocycles. The Labute approximate surface area is 193 Å². The van der Waals surface area contributed by atoms with Gasteiger partial charge in [0, 0.05) is 18.4 Å². The molecule has 0 aliphatic rings. The summed E-state index contributed by atoms with van der Waals surface area (Å²) in [6.45, 7) is 10.6. The topological polar surface area (TPSA) is 76.7 Å². The van der Waals surface area contributed by atoms with Crippen molar-refractivity contribution >= 4 is 17.7 Å². The Hall–Kier alpha value is -3.00. The highest BCUT2D eigenvalue weighted by Gasteiger charge is 2.28. The number of carbonyl (C=O) groups excluding carboxylic acids is 2. The van der Waals surface area contributed by atoms with Gasteiger partial charge in [0.15, 0.2) is 0 Å². The van der Waals surface area contributed by atoms with Crippen molar-refractivity contribution in [3.8, 4) is 0 Å². The second-order valence-corrected chi connectivity index (χ2v) is 9.81. The fraction of sp³-hybridized carbons (Fsp3) is 0.440. The summed E-state index contributed by atoms with van der Waals surface area (Å²) < 4.78 is 39.6. The first kappa shape index (κ1) is 26.3. The van der Waals surface area contributed by atoms with E-state index in [1.54, 1.807) is 72.9 Å². The van der Waals surface area contributed by atoms with Crippen LogP contribution in [-0.4, -0.2) is 24.7 Å². The van der Waals surface area contributed by atoms with E-state index >= 15 is 0 Å². The summed E-state index contributed by atoms with van der Waals surface area (Å²) in [5.41, 5.74) is -0.318. The van der Waals surface area contributed by atoms with Gasteiger partial charge in [0.25, 0.3) is 5.91 Å². The molecule has 2 aromatic carbocycles. The van der Waals surface area contributed by atoms with Crippen molar-refractivity contribution in [3.05, 3.63) is 64.7 Å². The highest BCUT2D eigenvalue weighted by Crippen LogP contribution is 2.30. The maximum atomic E-state index is 14.6. The van der Waals surface area contributed by atoms with Crippen molar-refractivity contribution < 1.29 is 27.8 Å². The fourth-order valence-corrected chi connectivity index (χ4v) is 3.27. The molecule has 0 heterocycles. The van der Waals surface area contributed by atoms with Gasteiger partial charge in [-0.3, -0.25) is 4.79 Å². The Bertz CT molecular complexity index is 970. The highest BCUT2D eigenvalue weighted by atomic mass is 19.1. The Balaban J connectivity index is 2.34. The number of carbonyl (C=O) groups is 2. The van der Waals surface area contributed by atoms with Crippen molar-refractivity contribution in [1.82, 2.24) is 5.32 Å². The van der Waals surface area contributed by atoms with Gasteiger partial charge in [-0.1, -0.05) is 45.0 Å². The first-order valence-electron chi connectivity index (χ1n) is 10.6.